The normalized spacial score (nSPS) is 24.6. The van der Waals surface area contributed by atoms with Gasteiger partial charge in [0.1, 0.15) is 35.1 Å². The number of anilines is 1. The molecule has 4 N–H and O–H groups in total. The van der Waals surface area contributed by atoms with Gasteiger partial charge in [0.15, 0.2) is 23.2 Å². The van der Waals surface area contributed by atoms with Gasteiger partial charge >= 0.3 is 5.63 Å². The van der Waals surface area contributed by atoms with Crippen LogP contribution < -0.4 is 26.4 Å². The van der Waals surface area contributed by atoms with Gasteiger partial charge < -0.3 is 29.5 Å². The average Bonchev–Trinajstić information content (AvgIpc) is 3.56. The molecule has 13 heteroatoms. The Labute approximate surface area is 194 Å². The number of ketones is 1. The number of carbonyl (C=O) groups is 1. The number of aliphatic hydroxyl groups is 1. The molecule has 1 fully saturated rings. The van der Waals surface area contributed by atoms with Crippen LogP contribution in [0.5, 0.6) is 11.5 Å². The first-order chi connectivity index (χ1) is 16.9. The first-order valence-electron chi connectivity index (χ1n) is 10.8. The minimum atomic E-state index is -1.22. The molecular weight excluding hydrogens is 462 g/mol. The van der Waals surface area contributed by atoms with Gasteiger partial charge in [0.2, 0.25) is 12.2 Å². The standard InChI is InChI=1S/C22H17N5O8/c1-32-8-4-9-12(16-11(8)6-2-3-7(28)10(6)20(31)34-16)13-15(29)19(35-21(13)33-9)27-5-24-17-14(27)18(30)26-22(23)25-17/h4-5,13,15,19,21,29H,2-3H2,1H3,(H3,23,25,26,30)/t13-,15?,19?,21+/m1/s1. The van der Waals surface area contributed by atoms with E-state index in [9.17, 15) is 19.5 Å². The van der Waals surface area contributed by atoms with E-state index in [1.165, 1.54) is 18.0 Å². The lowest BCUT2D eigenvalue weighted by Gasteiger charge is -2.20. The van der Waals surface area contributed by atoms with Crippen LogP contribution in [0.4, 0.5) is 5.95 Å². The van der Waals surface area contributed by atoms with E-state index in [0.29, 0.717) is 34.4 Å². The van der Waals surface area contributed by atoms with Crippen molar-refractivity contribution in [3.63, 3.8) is 0 Å². The van der Waals surface area contributed by atoms with E-state index in [-0.39, 0.29) is 40.5 Å². The summed E-state index contributed by atoms with van der Waals surface area (Å²) in [6.45, 7) is 0. The molecule has 0 spiro atoms. The van der Waals surface area contributed by atoms with Crippen molar-refractivity contribution < 1.29 is 28.5 Å². The fourth-order valence-corrected chi connectivity index (χ4v) is 5.45. The van der Waals surface area contributed by atoms with Gasteiger partial charge in [0.05, 0.1) is 24.0 Å². The van der Waals surface area contributed by atoms with Gasteiger partial charge in [-0.1, -0.05) is 0 Å². The predicted octanol–water partition coefficient (Wildman–Crippen LogP) is 0.338. The molecule has 3 aliphatic rings. The van der Waals surface area contributed by atoms with E-state index >= 15 is 0 Å². The number of benzene rings is 1. The molecule has 2 unspecified atom stereocenters. The first kappa shape index (κ1) is 20.2. The fourth-order valence-electron chi connectivity index (χ4n) is 5.45. The predicted molar refractivity (Wildman–Crippen MR) is 118 cm³/mol. The van der Waals surface area contributed by atoms with Crippen LogP contribution in [0, 0.1) is 0 Å². The molecule has 178 valence electrons. The maximum atomic E-state index is 12.7. The maximum Gasteiger partial charge on any atom is 0.347 e. The fraction of sp³-hybridized carbons (Fsp3) is 0.318. The number of nitrogens with two attached hydrogens (primary N) is 1. The van der Waals surface area contributed by atoms with Crippen LogP contribution in [-0.2, 0) is 11.2 Å². The highest BCUT2D eigenvalue weighted by atomic mass is 16.7. The number of nitrogen functional groups attached to an aromatic ring is 1. The highest BCUT2D eigenvalue weighted by molar-refractivity contribution is 6.06. The van der Waals surface area contributed by atoms with E-state index in [0.717, 1.165) is 0 Å². The van der Waals surface area contributed by atoms with Crippen LogP contribution in [0.3, 0.4) is 0 Å². The summed E-state index contributed by atoms with van der Waals surface area (Å²) in [6, 6.07) is 1.63. The lowest BCUT2D eigenvalue weighted by molar-refractivity contribution is -0.103. The topological polar surface area (TPSA) is 185 Å². The number of aryl methyl sites for hydroxylation is 1. The second-order valence-corrected chi connectivity index (χ2v) is 8.67. The van der Waals surface area contributed by atoms with E-state index < -0.39 is 35.7 Å². The zero-order chi connectivity index (χ0) is 24.2. The first-order valence-corrected chi connectivity index (χ1v) is 10.8. The molecule has 2 aliphatic heterocycles. The Morgan fingerprint density at radius 3 is 2.91 bits per heavy atom. The Balaban J connectivity index is 1.41. The van der Waals surface area contributed by atoms with Crippen molar-refractivity contribution in [1.82, 2.24) is 19.5 Å². The number of methoxy groups -OCH3 is 1. The van der Waals surface area contributed by atoms with E-state index in [4.69, 9.17) is 24.4 Å². The van der Waals surface area contributed by atoms with Crippen LogP contribution in [0.2, 0.25) is 0 Å². The van der Waals surface area contributed by atoms with Gasteiger partial charge in [-0.15, -0.1) is 0 Å². The monoisotopic (exact) mass is 479 g/mol. The van der Waals surface area contributed by atoms with Crippen molar-refractivity contribution in [2.75, 3.05) is 12.8 Å². The van der Waals surface area contributed by atoms with Crippen molar-refractivity contribution in [3.8, 4) is 11.5 Å². The van der Waals surface area contributed by atoms with Crippen molar-refractivity contribution in [1.29, 1.82) is 0 Å². The molecule has 13 nitrogen and oxygen atoms in total. The average molecular weight is 479 g/mol. The highest BCUT2D eigenvalue weighted by Gasteiger charge is 2.54. The highest BCUT2D eigenvalue weighted by Crippen LogP contribution is 2.54. The summed E-state index contributed by atoms with van der Waals surface area (Å²) < 4.78 is 24.5. The number of Topliss-reactive ketones (excluding diaryl/α,β-unsaturated/α-hetero) is 1. The smallest absolute Gasteiger partial charge is 0.347 e. The molecule has 35 heavy (non-hydrogen) atoms. The third kappa shape index (κ3) is 2.50. The number of aromatic nitrogens is 4. The molecule has 1 aliphatic carbocycles. The van der Waals surface area contributed by atoms with Crippen LogP contribution in [0.15, 0.2) is 26.4 Å². The van der Waals surface area contributed by atoms with Gasteiger partial charge in [-0.25, -0.2) is 9.78 Å². The number of nitrogens with zero attached hydrogens (tertiary/aromatic N) is 3. The van der Waals surface area contributed by atoms with Crippen molar-refractivity contribution in [2.24, 2.45) is 0 Å². The number of aromatic amines is 1. The molecule has 1 saturated heterocycles. The van der Waals surface area contributed by atoms with Gasteiger partial charge in [-0.2, -0.15) is 4.98 Å². The van der Waals surface area contributed by atoms with E-state index in [2.05, 4.69) is 15.0 Å². The van der Waals surface area contributed by atoms with Gasteiger partial charge in [-0.05, 0) is 12.0 Å². The molecule has 0 bridgehead atoms. The van der Waals surface area contributed by atoms with E-state index in [1.807, 2.05) is 0 Å². The molecule has 4 atom stereocenters. The number of rotatable bonds is 2. The van der Waals surface area contributed by atoms with Crippen LogP contribution in [-0.4, -0.2) is 49.9 Å². The summed E-state index contributed by atoms with van der Waals surface area (Å²) >= 11 is 0. The van der Waals surface area contributed by atoms with Crippen molar-refractivity contribution in [2.45, 2.75) is 37.4 Å². The number of H-pyrrole nitrogens is 1. The summed E-state index contributed by atoms with van der Waals surface area (Å²) in [7, 11) is 1.47. The third-order valence-corrected chi connectivity index (χ3v) is 6.88. The number of fused-ring (bicyclic) bond motifs is 8. The number of aliphatic hydroxyl groups excluding tert-OH is 1. The van der Waals surface area contributed by atoms with Gasteiger partial charge in [-0.3, -0.25) is 19.1 Å². The Hall–Kier alpha value is -4.23. The Morgan fingerprint density at radius 2 is 2.11 bits per heavy atom. The minimum Gasteiger partial charge on any atom is -0.496 e. The zero-order valence-electron chi connectivity index (χ0n) is 18.1. The third-order valence-electron chi connectivity index (χ3n) is 6.88. The molecule has 5 heterocycles. The quantitative estimate of drug-likeness (QED) is 0.337. The van der Waals surface area contributed by atoms with Crippen molar-refractivity contribution in [3.05, 3.63) is 49.9 Å². The number of carbonyl (C=O) groups excluding carboxylic acids is 1. The Morgan fingerprint density at radius 1 is 1.29 bits per heavy atom. The number of nitrogens with one attached hydrogen (secondary N) is 1. The molecule has 0 saturated carbocycles. The summed E-state index contributed by atoms with van der Waals surface area (Å²) in [5.41, 5.74) is 5.69. The molecule has 0 amide bonds. The van der Waals surface area contributed by atoms with Crippen LogP contribution in [0.25, 0.3) is 22.1 Å². The molecular formula is C22H17N5O8. The van der Waals surface area contributed by atoms with Crippen molar-refractivity contribution >= 4 is 33.9 Å². The summed E-state index contributed by atoms with van der Waals surface area (Å²) in [6.07, 6.45) is -1.30. The summed E-state index contributed by atoms with van der Waals surface area (Å²) in [5, 5.41) is 11.9. The van der Waals surface area contributed by atoms with Gasteiger partial charge in [0, 0.05) is 12.5 Å². The Kier molecular flexibility index (Phi) is 3.85. The SMILES string of the molecule is COc1cc2c(c3oc(=O)c4c(c13)CCC4=O)[C@@H]1C(O)C(n3cnc4nc(N)[nH]c(=O)c43)O[C@@H]1O2. The molecule has 1 aromatic carbocycles. The van der Waals surface area contributed by atoms with E-state index in [1.54, 1.807) is 6.07 Å². The lowest BCUT2D eigenvalue weighted by Crippen LogP contribution is -2.25. The summed E-state index contributed by atoms with van der Waals surface area (Å²) in [5.74, 6) is -0.411. The zero-order valence-corrected chi connectivity index (χ0v) is 18.1. The second-order valence-electron chi connectivity index (χ2n) is 8.67. The number of imidazole rings is 1. The maximum absolute atomic E-state index is 12.7. The summed E-state index contributed by atoms with van der Waals surface area (Å²) in [4.78, 5) is 48.1. The largest absolute Gasteiger partial charge is 0.496 e. The lowest BCUT2D eigenvalue weighted by atomic mass is 9.91. The number of ether oxygens (including phenoxy) is 3. The molecule has 7 rings (SSSR count). The molecule has 0 radical (unpaired) electrons. The molecule has 4 aromatic rings. The van der Waals surface area contributed by atoms with Gasteiger partial charge in [0.25, 0.3) is 5.56 Å². The molecule has 3 aromatic heterocycles. The Bertz CT molecular complexity index is 1720. The van der Waals surface area contributed by atoms with Crippen LogP contribution >= 0.6 is 0 Å². The number of hydrogen-bond donors (Lipinski definition) is 3. The number of hydrogen-bond acceptors (Lipinski definition) is 11. The second kappa shape index (κ2) is 6.67. The van der Waals surface area contributed by atoms with Crippen LogP contribution in [0.1, 0.15) is 40.1 Å². The minimum absolute atomic E-state index is 0.0307.